The lowest BCUT2D eigenvalue weighted by Gasteiger charge is -2.30. The molecule has 1 saturated heterocycles. The van der Waals surface area contributed by atoms with Crippen molar-refractivity contribution in [2.24, 2.45) is 5.92 Å². The molecular formula is C19H21N3. The number of fused-ring (bicyclic) bond motifs is 1. The van der Waals surface area contributed by atoms with Crippen molar-refractivity contribution < 1.29 is 0 Å². The fourth-order valence-electron chi connectivity index (χ4n) is 3.63. The quantitative estimate of drug-likeness (QED) is 0.750. The number of aromatic nitrogens is 2. The van der Waals surface area contributed by atoms with Crippen LogP contribution in [0.2, 0.25) is 0 Å². The van der Waals surface area contributed by atoms with Crippen LogP contribution in [0.3, 0.4) is 0 Å². The van der Waals surface area contributed by atoms with Crippen LogP contribution < -0.4 is 5.32 Å². The van der Waals surface area contributed by atoms with Crippen molar-refractivity contribution in [3.63, 3.8) is 0 Å². The van der Waals surface area contributed by atoms with E-state index < -0.39 is 0 Å². The molecule has 22 heavy (non-hydrogen) atoms. The number of aromatic amines is 1. The molecule has 3 aromatic rings. The highest BCUT2D eigenvalue weighted by Gasteiger charge is 2.22. The lowest BCUT2D eigenvalue weighted by Crippen LogP contribution is -2.33. The Kier molecular flexibility index (Phi) is 3.43. The molecule has 2 unspecified atom stereocenters. The van der Waals surface area contributed by atoms with Crippen molar-refractivity contribution in [2.75, 3.05) is 13.1 Å². The van der Waals surface area contributed by atoms with Gasteiger partial charge in [-0.3, -0.25) is 0 Å². The average molecular weight is 291 g/mol. The fourth-order valence-corrected chi connectivity index (χ4v) is 3.63. The van der Waals surface area contributed by atoms with E-state index in [-0.39, 0.29) is 0 Å². The van der Waals surface area contributed by atoms with Gasteiger partial charge in [-0.2, -0.15) is 0 Å². The molecule has 1 aromatic carbocycles. The van der Waals surface area contributed by atoms with Crippen LogP contribution >= 0.6 is 0 Å². The van der Waals surface area contributed by atoms with E-state index in [4.69, 9.17) is 0 Å². The van der Waals surface area contributed by atoms with Gasteiger partial charge in [-0.1, -0.05) is 31.2 Å². The topological polar surface area (TPSA) is 40.7 Å². The highest BCUT2D eigenvalue weighted by atomic mass is 14.9. The lowest BCUT2D eigenvalue weighted by atomic mass is 9.82. The maximum absolute atomic E-state index is 4.37. The lowest BCUT2D eigenvalue weighted by molar-refractivity contribution is 0.349. The van der Waals surface area contributed by atoms with Gasteiger partial charge in [0.1, 0.15) is 5.65 Å². The zero-order valence-corrected chi connectivity index (χ0v) is 12.8. The van der Waals surface area contributed by atoms with Crippen molar-refractivity contribution in [1.29, 1.82) is 0 Å². The summed E-state index contributed by atoms with van der Waals surface area (Å²) in [4.78, 5) is 7.55. The predicted molar refractivity (Wildman–Crippen MR) is 90.9 cm³/mol. The largest absolute Gasteiger partial charge is 0.346 e. The second-order valence-electron chi connectivity index (χ2n) is 6.30. The van der Waals surface area contributed by atoms with E-state index in [1.165, 1.54) is 28.5 Å². The minimum atomic E-state index is 0.681. The smallest absolute Gasteiger partial charge is 0.137 e. The molecular weight excluding hydrogens is 270 g/mol. The maximum Gasteiger partial charge on any atom is 0.137 e. The second-order valence-corrected chi connectivity index (χ2v) is 6.30. The molecule has 2 N–H and O–H groups in total. The SMILES string of the molecule is CC1CNCCC1c1ccc(-c2ccnc3[nH]ccc23)cc1. The molecule has 3 heterocycles. The van der Waals surface area contributed by atoms with Crippen LogP contribution in [0.25, 0.3) is 22.2 Å². The van der Waals surface area contributed by atoms with Crippen molar-refractivity contribution in [2.45, 2.75) is 19.3 Å². The van der Waals surface area contributed by atoms with Crippen LogP contribution in [-0.4, -0.2) is 23.1 Å². The summed E-state index contributed by atoms with van der Waals surface area (Å²) in [6, 6.07) is 13.3. The highest BCUT2D eigenvalue weighted by molar-refractivity contribution is 5.92. The Hall–Kier alpha value is -2.13. The first-order chi connectivity index (χ1) is 10.8. The number of H-pyrrole nitrogens is 1. The average Bonchev–Trinajstić information content (AvgIpc) is 3.04. The summed E-state index contributed by atoms with van der Waals surface area (Å²) in [5, 5.41) is 4.66. The summed E-state index contributed by atoms with van der Waals surface area (Å²) in [6.07, 6.45) is 5.06. The van der Waals surface area contributed by atoms with Crippen molar-refractivity contribution in [3.8, 4) is 11.1 Å². The van der Waals surface area contributed by atoms with Gasteiger partial charge in [0.15, 0.2) is 0 Å². The Labute approximate surface area is 130 Å². The third-order valence-electron chi connectivity index (χ3n) is 4.90. The fraction of sp³-hybridized carbons (Fsp3) is 0.316. The normalized spacial score (nSPS) is 22.0. The van der Waals surface area contributed by atoms with Crippen LogP contribution in [0, 0.1) is 5.92 Å². The Morgan fingerprint density at radius 3 is 2.77 bits per heavy atom. The van der Waals surface area contributed by atoms with E-state index in [9.17, 15) is 0 Å². The van der Waals surface area contributed by atoms with Gasteiger partial charge in [0, 0.05) is 17.8 Å². The van der Waals surface area contributed by atoms with Gasteiger partial charge >= 0.3 is 0 Å². The van der Waals surface area contributed by atoms with E-state index in [1.807, 2.05) is 12.4 Å². The van der Waals surface area contributed by atoms with Gasteiger partial charge < -0.3 is 10.3 Å². The Balaban J connectivity index is 1.68. The standard InChI is InChI=1S/C19H21N3/c1-13-12-20-9-6-16(13)14-2-4-15(5-3-14)17-7-10-21-19-18(17)8-11-22-19/h2-5,7-8,10-11,13,16,20H,6,9,12H2,1H3,(H,21,22). The van der Waals surface area contributed by atoms with E-state index in [0.29, 0.717) is 11.8 Å². The molecule has 1 fully saturated rings. The van der Waals surface area contributed by atoms with Crippen molar-refractivity contribution in [1.82, 2.24) is 15.3 Å². The number of rotatable bonds is 2. The Morgan fingerprint density at radius 2 is 1.95 bits per heavy atom. The first kappa shape index (κ1) is 13.5. The molecule has 0 aliphatic carbocycles. The van der Waals surface area contributed by atoms with Crippen molar-refractivity contribution >= 4 is 11.0 Å². The van der Waals surface area contributed by atoms with Gasteiger partial charge in [0.25, 0.3) is 0 Å². The van der Waals surface area contributed by atoms with Gasteiger partial charge in [-0.05, 0) is 60.2 Å². The van der Waals surface area contributed by atoms with E-state index in [2.05, 4.69) is 58.6 Å². The zero-order chi connectivity index (χ0) is 14.9. The summed E-state index contributed by atoms with van der Waals surface area (Å²) in [5.41, 5.74) is 4.93. The summed E-state index contributed by atoms with van der Waals surface area (Å²) in [6.45, 7) is 4.60. The minimum Gasteiger partial charge on any atom is -0.346 e. The number of hydrogen-bond acceptors (Lipinski definition) is 2. The number of hydrogen-bond donors (Lipinski definition) is 2. The van der Waals surface area contributed by atoms with Gasteiger partial charge in [0.05, 0.1) is 0 Å². The molecule has 3 nitrogen and oxygen atoms in total. The number of nitrogens with zero attached hydrogens (tertiary/aromatic N) is 1. The Bertz CT molecular complexity index is 773. The maximum atomic E-state index is 4.37. The molecule has 1 aliphatic heterocycles. The molecule has 1 aliphatic rings. The summed E-state index contributed by atoms with van der Waals surface area (Å²) < 4.78 is 0. The molecule has 2 aromatic heterocycles. The van der Waals surface area contributed by atoms with Gasteiger partial charge in [-0.15, -0.1) is 0 Å². The van der Waals surface area contributed by atoms with Gasteiger partial charge in [0.2, 0.25) is 0 Å². The first-order valence-corrected chi connectivity index (χ1v) is 8.06. The molecule has 2 atom stereocenters. The van der Waals surface area contributed by atoms with E-state index in [1.54, 1.807) is 0 Å². The molecule has 0 bridgehead atoms. The Morgan fingerprint density at radius 1 is 1.09 bits per heavy atom. The second kappa shape index (κ2) is 5.58. The summed E-state index contributed by atoms with van der Waals surface area (Å²) in [7, 11) is 0. The van der Waals surface area contributed by atoms with Crippen LogP contribution in [0.4, 0.5) is 0 Å². The summed E-state index contributed by atoms with van der Waals surface area (Å²) >= 11 is 0. The first-order valence-electron chi connectivity index (χ1n) is 8.06. The molecule has 0 saturated carbocycles. The highest BCUT2D eigenvalue weighted by Crippen LogP contribution is 2.32. The third-order valence-corrected chi connectivity index (χ3v) is 4.90. The minimum absolute atomic E-state index is 0.681. The molecule has 0 radical (unpaired) electrons. The van der Waals surface area contributed by atoms with Crippen molar-refractivity contribution in [3.05, 3.63) is 54.4 Å². The zero-order valence-electron chi connectivity index (χ0n) is 12.8. The summed E-state index contributed by atoms with van der Waals surface area (Å²) in [5.74, 6) is 1.39. The monoisotopic (exact) mass is 291 g/mol. The molecule has 4 rings (SSSR count). The van der Waals surface area contributed by atoms with Crippen LogP contribution in [0.5, 0.6) is 0 Å². The van der Waals surface area contributed by atoms with E-state index in [0.717, 1.165) is 18.7 Å². The number of piperidine rings is 1. The van der Waals surface area contributed by atoms with Crippen LogP contribution in [-0.2, 0) is 0 Å². The predicted octanol–water partition coefficient (Wildman–Crippen LogP) is 3.94. The number of benzene rings is 1. The third kappa shape index (κ3) is 2.32. The molecule has 0 spiro atoms. The molecule has 3 heteroatoms. The van der Waals surface area contributed by atoms with Crippen LogP contribution in [0.1, 0.15) is 24.8 Å². The van der Waals surface area contributed by atoms with E-state index >= 15 is 0 Å². The molecule has 112 valence electrons. The number of nitrogens with one attached hydrogen (secondary N) is 2. The number of pyridine rings is 1. The van der Waals surface area contributed by atoms with Gasteiger partial charge in [-0.25, -0.2) is 4.98 Å². The van der Waals surface area contributed by atoms with Crippen LogP contribution in [0.15, 0.2) is 48.8 Å². The molecule has 0 amide bonds.